The van der Waals surface area contributed by atoms with E-state index in [1.54, 1.807) is 30.0 Å². The third-order valence-electron chi connectivity index (χ3n) is 3.88. The van der Waals surface area contributed by atoms with Crippen molar-refractivity contribution in [1.82, 2.24) is 10.2 Å². The Kier molecular flexibility index (Phi) is 6.27. The van der Waals surface area contributed by atoms with Crippen LogP contribution in [0.15, 0.2) is 52.2 Å². The topological polar surface area (TPSA) is 62.8 Å². The lowest BCUT2D eigenvalue weighted by Crippen LogP contribution is -2.09. The minimum atomic E-state index is -0.287. The Morgan fingerprint density at radius 3 is 2.37 bits per heavy atom. The van der Waals surface area contributed by atoms with Crippen LogP contribution < -0.4 is 5.56 Å². The molecule has 0 spiro atoms. The molecule has 0 fully saturated rings. The van der Waals surface area contributed by atoms with Crippen LogP contribution in [0.5, 0.6) is 0 Å². The van der Waals surface area contributed by atoms with E-state index in [0.717, 1.165) is 10.5 Å². The molecule has 0 radical (unpaired) electrons. The summed E-state index contributed by atoms with van der Waals surface area (Å²) in [5, 5.41) is 7.22. The molecule has 0 aliphatic rings. The first-order valence-electron chi connectivity index (χ1n) is 7.80. The molecule has 4 nitrogen and oxygen atoms in total. The van der Waals surface area contributed by atoms with Gasteiger partial charge >= 0.3 is 0 Å². The van der Waals surface area contributed by atoms with Gasteiger partial charge in [-0.2, -0.15) is 5.10 Å². The summed E-state index contributed by atoms with van der Waals surface area (Å²) in [5.74, 6) is -0.287. The van der Waals surface area contributed by atoms with Gasteiger partial charge in [0, 0.05) is 28.0 Å². The number of carbonyl (C=O) groups excluding carboxylic acids is 1. The van der Waals surface area contributed by atoms with E-state index in [-0.39, 0.29) is 27.0 Å². The molecule has 0 unspecified atom stereocenters. The van der Waals surface area contributed by atoms with Crippen LogP contribution in [0.3, 0.4) is 0 Å². The van der Waals surface area contributed by atoms with Crippen molar-refractivity contribution < 1.29 is 4.79 Å². The van der Waals surface area contributed by atoms with Gasteiger partial charge in [-0.15, -0.1) is 11.8 Å². The quantitative estimate of drug-likeness (QED) is 0.434. The second kappa shape index (κ2) is 8.48. The monoisotopic (exact) mass is 438 g/mol. The Labute approximate surface area is 174 Å². The third kappa shape index (κ3) is 4.55. The average Bonchev–Trinajstić information content (AvgIpc) is 2.62. The maximum atomic E-state index is 13.0. The maximum Gasteiger partial charge on any atom is 0.264 e. The highest BCUT2D eigenvalue weighted by molar-refractivity contribution is 7.98. The average molecular weight is 440 g/mol. The molecule has 27 heavy (non-hydrogen) atoms. The van der Waals surface area contributed by atoms with Crippen LogP contribution in [0, 0.1) is 0 Å². The van der Waals surface area contributed by atoms with Crippen molar-refractivity contribution in [3.8, 4) is 0 Å². The largest absolute Gasteiger partial charge is 0.288 e. The smallest absolute Gasteiger partial charge is 0.264 e. The molecule has 0 aliphatic carbocycles. The van der Waals surface area contributed by atoms with Crippen molar-refractivity contribution in [2.75, 3.05) is 6.26 Å². The molecule has 0 bridgehead atoms. The van der Waals surface area contributed by atoms with Gasteiger partial charge in [0.15, 0.2) is 5.78 Å². The third-order valence-corrected chi connectivity index (χ3v) is 5.54. The summed E-state index contributed by atoms with van der Waals surface area (Å²) in [6.45, 7) is 0. The summed E-state index contributed by atoms with van der Waals surface area (Å²) in [4.78, 5) is 25.2. The highest BCUT2D eigenvalue weighted by atomic mass is 35.5. The van der Waals surface area contributed by atoms with E-state index in [9.17, 15) is 9.59 Å². The van der Waals surface area contributed by atoms with Crippen LogP contribution in [0.1, 0.15) is 27.2 Å². The zero-order chi connectivity index (χ0) is 19.6. The van der Waals surface area contributed by atoms with Crippen LogP contribution >= 0.6 is 46.6 Å². The summed E-state index contributed by atoms with van der Waals surface area (Å²) in [6.07, 6.45) is 2.42. The number of nitrogens with one attached hydrogen (secondary N) is 1. The number of benzene rings is 2. The van der Waals surface area contributed by atoms with Gasteiger partial charge in [0.25, 0.3) is 5.56 Å². The summed E-state index contributed by atoms with van der Waals surface area (Å²) in [6, 6.07) is 11.5. The van der Waals surface area contributed by atoms with Crippen LogP contribution in [0.4, 0.5) is 0 Å². The number of carbonyl (C=O) groups is 1. The molecular weight excluding hydrogens is 427 g/mol. The number of hydrogen-bond donors (Lipinski definition) is 1. The van der Waals surface area contributed by atoms with E-state index in [2.05, 4.69) is 10.2 Å². The number of halogens is 3. The maximum absolute atomic E-state index is 13.0. The highest BCUT2D eigenvalue weighted by Gasteiger charge is 2.19. The fourth-order valence-electron chi connectivity index (χ4n) is 2.63. The lowest BCUT2D eigenvalue weighted by Gasteiger charge is -2.11. The van der Waals surface area contributed by atoms with Crippen molar-refractivity contribution in [3.05, 3.63) is 90.3 Å². The normalized spacial score (nSPS) is 10.8. The van der Waals surface area contributed by atoms with Crippen molar-refractivity contribution in [2.45, 2.75) is 11.3 Å². The lowest BCUT2D eigenvalue weighted by atomic mass is 9.99. The van der Waals surface area contributed by atoms with E-state index >= 15 is 0 Å². The Balaban J connectivity index is 2.01. The van der Waals surface area contributed by atoms with Gasteiger partial charge in [-0.1, -0.05) is 34.8 Å². The second-order valence-electron chi connectivity index (χ2n) is 5.69. The minimum absolute atomic E-state index is 0.204. The van der Waals surface area contributed by atoms with Crippen molar-refractivity contribution in [2.24, 2.45) is 0 Å². The van der Waals surface area contributed by atoms with E-state index < -0.39 is 0 Å². The number of ketones is 1. The first-order chi connectivity index (χ1) is 12.9. The Hall–Kier alpha value is -1.79. The van der Waals surface area contributed by atoms with Crippen LogP contribution in [-0.2, 0) is 6.42 Å². The molecule has 0 aliphatic heterocycles. The van der Waals surface area contributed by atoms with Gasteiger partial charge in [-0.05, 0) is 48.2 Å². The van der Waals surface area contributed by atoms with Crippen molar-refractivity contribution >= 4 is 52.3 Å². The molecule has 1 N–H and O–H groups in total. The highest BCUT2D eigenvalue weighted by Crippen LogP contribution is 2.32. The van der Waals surface area contributed by atoms with Gasteiger partial charge < -0.3 is 0 Å². The van der Waals surface area contributed by atoms with E-state index in [4.69, 9.17) is 34.8 Å². The molecule has 2 aromatic carbocycles. The number of hydrogen-bond acceptors (Lipinski definition) is 4. The second-order valence-corrected chi connectivity index (χ2v) is 7.79. The van der Waals surface area contributed by atoms with Gasteiger partial charge in [0.1, 0.15) is 0 Å². The number of rotatable bonds is 5. The van der Waals surface area contributed by atoms with E-state index in [0.29, 0.717) is 22.7 Å². The molecular formula is C19H13Cl3N2O2S. The van der Waals surface area contributed by atoms with Crippen LogP contribution in [-0.4, -0.2) is 22.2 Å². The van der Waals surface area contributed by atoms with Gasteiger partial charge in [-0.3, -0.25) is 9.59 Å². The van der Waals surface area contributed by atoms with Crippen molar-refractivity contribution in [1.29, 1.82) is 0 Å². The summed E-state index contributed by atoms with van der Waals surface area (Å²) >= 11 is 19.9. The number of nitrogens with zero attached hydrogens (tertiary/aromatic N) is 1. The first kappa shape index (κ1) is 20.0. The molecule has 1 heterocycles. The zero-order valence-corrected chi connectivity index (χ0v) is 17.1. The molecule has 0 amide bonds. The van der Waals surface area contributed by atoms with Gasteiger partial charge in [0.05, 0.1) is 21.3 Å². The van der Waals surface area contributed by atoms with Crippen LogP contribution in [0.25, 0.3) is 0 Å². The fraction of sp³-hybridized carbons (Fsp3) is 0.105. The fourth-order valence-corrected chi connectivity index (χ4v) is 4.21. The molecule has 3 rings (SSSR count). The molecule has 138 valence electrons. The SMILES string of the molecule is CSc1ccc(C(=O)c2c(Cl)cc(Cl)cc2Cl)cc1Cc1ccc(=O)[nH]n1. The standard InChI is InChI=1S/C19H13Cl3N2O2S/c1-27-16-4-2-10(6-11(16)7-13-3-5-17(25)24-23-13)19(26)18-14(21)8-12(20)9-15(18)22/h2-6,8-9H,7H2,1H3,(H,24,25). The number of thioether (sulfide) groups is 1. The number of aromatic nitrogens is 2. The summed E-state index contributed by atoms with van der Waals surface area (Å²) in [5.41, 5.74) is 2.01. The minimum Gasteiger partial charge on any atom is -0.288 e. The number of aromatic amines is 1. The molecule has 0 atom stereocenters. The van der Waals surface area contributed by atoms with Crippen LogP contribution in [0.2, 0.25) is 15.1 Å². The summed E-state index contributed by atoms with van der Waals surface area (Å²) in [7, 11) is 0. The predicted molar refractivity (Wildman–Crippen MR) is 111 cm³/mol. The van der Waals surface area contributed by atoms with Gasteiger partial charge in [0.2, 0.25) is 0 Å². The lowest BCUT2D eigenvalue weighted by molar-refractivity contribution is 0.103. The molecule has 0 saturated carbocycles. The van der Waals surface area contributed by atoms with E-state index in [1.807, 2.05) is 12.3 Å². The molecule has 8 heteroatoms. The first-order valence-corrected chi connectivity index (χ1v) is 10.2. The summed E-state index contributed by atoms with van der Waals surface area (Å²) < 4.78 is 0. The zero-order valence-electron chi connectivity index (χ0n) is 14.1. The Bertz CT molecular complexity index is 1040. The predicted octanol–water partition coefficient (Wildman–Crippen LogP) is 5.27. The number of H-pyrrole nitrogens is 1. The van der Waals surface area contributed by atoms with Crippen molar-refractivity contribution in [3.63, 3.8) is 0 Å². The van der Waals surface area contributed by atoms with Gasteiger partial charge in [-0.25, -0.2) is 5.10 Å². The molecule has 0 saturated heterocycles. The molecule has 1 aromatic heterocycles. The Morgan fingerprint density at radius 2 is 1.78 bits per heavy atom. The molecule has 3 aromatic rings. The Morgan fingerprint density at radius 1 is 1.07 bits per heavy atom. The van der Waals surface area contributed by atoms with E-state index in [1.165, 1.54) is 18.2 Å².